The zero-order valence-electron chi connectivity index (χ0n) is 19.5. The number of carbonyl (C=O) groups is 2. The molecule has 2 aromatic carbocycles. The minimum absolute atomic E-state index is 0.00960. The molecule has 1 heterocycles. The molecule has 0 aliphatic heterocycles. The van der Waals surface area contributed by atoms with E-state index in [1.165, 1.54) is 44.2 Å². The normalized spacial score (nSPS) is 11.7. The molecule has 0 radical (unpaired) electrons. The lowest BCUT2D eigenvalue weighted by Gasteiger charge is -2.17. The number of rotatable bonds is 9. The lowest BCUT2D eigenvalue weighted by atomic mass is 10.2. The number of sulfonamides is 1. The van der Waals surface area contributed by atoms with Gasteiger partial charge in [-0.15, -0.1) is 0 Å². The van der Waals surface area contributed by atoms with Gasteiger partial charge in [-0.05, 0) is 24.3 Å². The predicted molar refractivity (Wildman–Crippen MR) is 124 cm³/mol. The van der Waals surface area contributed by atoms with E-state index in [1.807, 2.05) is 0 Å². The lowest BCUT2D eigenvalue weighted by molar-refractivity contribution is -0.151. The average molecular weight is 491 g/mol. The first-order chi connectivity index (χ1) is 16.0. The molecule has 0 unspecified atom stereocenters. The predicted octanol–water partition coefficient (Wildman–Crippen LogP) is 2.10. The van der Waals surface area contributed by atoms with Gasteiger partial charge in [-0.1, -0.05) is 18.2 Å². The van der Waals surface area contributed by atoms with E-state index in [4.69, 9.17) is 4.74 Å². The van der Waals surface area contributed by atoms with Crippen LogP contribution < -0.4 is 0 Å². The third-order valence-electron chi connectivity index (χ3n) is 5.42. The molecule has 11 heteroatoms. The van der Waals surface area contributed by atoms with E-state index in [1.54, 1.807) is 35.9 Å². The van der Waals surface area contributed by atoms with Gasteiger partial charge in [0.1, 0.15) is 11.6 Å². The highest BCUT2D eigenvalue weighted by Gasteiger charge is 2.20. The van der Waals surface area contributed by atoms with Gasteiger partial charge >= 0.3 is 5.97 Å². The number of fused-ring (bicyclic) bond motifs is 1. The van der Waals surface area contributed by atoms with Crippen LogP contribution in [0, 0.1) is 5.82 Å². The zero-order valence-corrected chi connectivity index (χ0v) is 20.3. The SMILES string of the molecule is CN(Cc1ccccc1F)C(=O)COC(=O)CCc1nc2cc(S(=O)(=O)N(C)C)ccc2n1C. The maximum absolute atomic E-state index is 13.8. The number of amides is 1. The number of halogens is 1. The number of carbonyl (C=O) groups excluding carboxylic acids is 2. The van der Waals surface area contributed by atoms with Crippen LogP contribution in [-0.2, 0) is 44.4 Å². The average Bonchev–Trinajstić information content (AvgIpc) is 3.12. The molecule has 0 atom stereocenters. The first kappa shape index (κ1) is 25.3. The molecule has 182 valence electrons. The maximum atomic E-state index is 13.8. The van der Waals surface area contributed by atoms with Crippen molar-refractivity contribution in [2.75, 3.05) is 27.7 Å². The topological polar surface area (TPSA) is 102 Å². The number of nitrogens with zero attached hydrogens (tertiary/aromatic N) is 4. The van der Waals surface area contributed by atoms with E-state index in [9.17, 15) is 22.4 Å². The van der Waals surface area contributed by atoms with Crippen molar-refractivity contribution >= 4 is 32.9 Å². The molecule has 1 aromatic heterocycles. The Morgan fingerprint density at radius 2 is 1.82 bits per heavy atom. The summed E-state index contributed by atoms with van der Waals surface area (Å²) >= 11 is 0. The van der Waals surface area contributed by atoms with Crippen LogP contribution in [0.1, 0.15) is 17.8 Å². The van der Waals surface area contributed by atoms with Crippen molar-refractivity contribution in [1.82, 2.24) is 18.8 Å². The quantitative estimate of drug-likeness (QED) is 0.426. The fraction of sp³-hybridized carbons (Fsp3) is 0.348. The summed E-state index contributed by atoms with van der Waals surface area (Å²) < 4.78 is 46.4. The van der Waals surface area contributed by atoms with Crippen molar-refractivity contribution in [1.29, 1.82) is 0 Å². The van der Waals surface area contributed by atoms with E-state index < -0.39 is 34.3 Å². The summed E-state index contributed by atoms with van der Waals surface area (Å²) in [7, 11) is 2.60. The molecular formula is C23H27FN4O5S. The van der Waals surface area contributed by atoms with E-state index in [2.05, 4.69) is 4.98 Å². The highest BCUT2D eigenvalue weighted by atomic mass is 32.2. The smallest absolute Gasteiger partial charge is 0.306 e. The van der Waals surface area contributed by atoms with E-state index >= 15 is 0 Å². The zero-order chi connectivity index (χ0) is 25.0. The second kappa shape index (κ2) is 10.3. The fourth-order valence-corrected chi connectivity index (χ4v) is 4.26. The summed E-state index contributed by atoms with van der Waals surface area (Å²) in [5, 5.41) is 0. The van der Waals surface area contributed by atoms with Crippen LogP contribution in [0.2, 0.25) is 0 Å². The Balaban J connectivity index is 1.57. The standard InChI is InChI=1S/C23H27FN4O5S/c1-26(2)34(31,32)17-9-10-20-19(13-17)25-21(28(20)4)11-12-23(30)33-15-22(29)27(3)14-16-7-5-6-8-18(16)24/h5-10,13H,11-12,14-15H2,1-4H3. The number of hydrogen-bond acceptors (Lipinski definition) is 6. The van der Waals surface area contributed by atoms with Crippen molar-refractivity contribution in [2.24, 2.45) is 7.05 Å². The molecule has 34 heavy (non-hydrogen) atoms. The molecule has 0 bridgehead atoms. The number of imidazole rings is 1. The highest BCUT2D eigenvalue weighted by Crippen LogP contribution is 2.22. The molecule has 0 spiro atoms. The Bertz CT molecular complexity index is 1320. The third-order valence-corrected chi connectivity index (χ3v) is 7.24. The molecule has 3 aromatic rings. The number of aryl methyl sites for hydroxylation is 2. The Kier molecular flexibility index (Phi) is 7.68. The van der Waals surface area contributed by atoms with Gasteiger partial charge in [-0.25, -0.2) is 22.1 Å². The van der Waals surface area contributed by atoms with Crippen molar-refractivity contribution < 1.29 is 27.1 Å². The Morgan fingerprint density at radius 3 is 2.50 bits per heavy atom. The number of hydrogen-bond donors (Lipinski definition) is 0. The Hall–Kier alpha value is -3.31. The molecule has 1 amide bonds. The molecule has 0 aliphatic rings. The van der Waals surface area contributed by atoms with Crippen LogP contribution in [0.15, 0.2) is 47.4 Å². The number of likely N-dealkylation sites (N-methyl/N-ethyl adjacent to an activating group) is 1. The summed E-state index contributed by atoms with van der Waals surface area (Å²) in [5.41, 5.74) is 1.60. The summed E-state index contributed by atoms with van der Waals surface area (Å²) in [5.74, 6) is -0.855. The first-order valence-electron chi connectivity index (χ1n) is 10.5. The van der Waals surface area contributed by atoms with Crippen LogP contribution in [0.4, 0.5) is 4.39 Å². The van der Waals surface area contributed by atoms with Gasteiger partial charge in [0, 0.05) is 46.7 Å². The van der Waals surface area contributed by atoms with Crippen LogP contribution in [0.25, 0.3) is 11.0 Å². The van der Waals surface area contributed by atoms with Gasteiger partial charge < -0.3 is 14.2 Å². The van der Waals surface area contributed by atoms with Gasteiger partial charge in [0.15, 0.2) is 6.61 Å². The summed E-state index contributed by atoms with van der Waals surface area (Å²) in [6, 6.07) is 10.8. The summed E-state index contributed by atoms with van der Waals surface area (Å²) in [6.45, 7) is -0.382. The number of aromatic nitrogens is 2. The largest absolute Gasteiger partial charge is 0.456 e. The minimum Gasteiger partial charge on any atom is -0.456 e. The minimum atomic E-state index is -3.59. The molecule has 0 fully saturated rings. The molecule has 0 aliphatic carbocycles. The second-order valence-electron chi connectivity index (χ2n) is 8.03. The Morgan fingerprint density at radius 1 is 1.12 bits per heavy atom. The van der Waals surface area contributed by atoms with Crippen LogP contribution in [0.5, 0.6) is 0 Å². The van der Waals surface area contributed by atoms with Crippen LogP contribution >= 0.6 is 0 Å². The lowest BCUT2D eigenvalue weighted by Crippen LogP contribution is -2.31. The number of benzene rings is 2. The third kappa shape index (κ3) is 5.60. The molecule has 9 nitrogen and oxygen atoms in total. The van der Waals surface area contributed by atoms with Crippen LogP contribution in [0.3, 0.4) is 0 Å². The number of ether oxygens (including phenoxy) is 1. The van der Waals surface area contributed by atoms with Gasteiger partial charge in [-0.3, -0.25) is 9.59 Å². The second-order valence-corrected chi connectivity index (χ2v) is 10.2. The van der Waals surface area contributed by atoms with E-state index in [-0.39, 0.29) is 24.3 Å². The van der Waals surface area contributed by atoms with E-state index in [0.717, 1.165) is 9.82 Å². The molecular weight excluding hydrogens is 463 g/mol. The fourth-order valence-electron chi connectivity index (χ4n) is 3.33. The molecule has 0 N–H and O–H groups in total. The van der Waals surface area contributed by atoms with Crippen molar-refractivity contribution in [3.05, 3.63) is 59.7 Å². The highest BCUT2D eigenvalue weighted by molar-refractivity contribution is 7.89. The van der Waals surface area contributed by atoms with Gasteiger partial charge in [0.05, 0.1) is 22.3 Å². The van der Waals surface area contributed by atoms with Gasteiger partial charge in [0.25, 0.3) is 5.91 Å². The number of esters is 1. The van der Waals surface area contributed by atoms with Crippen molar-refractivity contribution in [2.45, 2.75) is 24.3 Å². The molecule has 0 saturated carbocycles. The first-order valence-corrected chi connectivity index (χ1v) is 12.0. The maximum Gasteiger partial charge on any atom is 0.306 e. The Labute approximate surface area is 197 Å². The van der Waals surface area contributed by atoms with Crippen molar-refractivity contribution in [3.63, 3.8) is 0 Å². The van der Waals surface area contributed by atoms with E-state index in [0.29, 0.717) is 16.9 Å². The van der Waals surface area contributed by atoms with Crippen molar-refractivity contribution in [3.8, 4) is 0 Å². The molecule has 0 saturated heterocycles. The van der Waals surface area contributed by atoms with Crippen LogP contribution in [-0.4, -0.2) is 66.8 Å². The van der Waals surface area contributed by atoms with Gasteiger partial charge in [0.2, 0.25) is 10.0 Å². The summed E-state index contributed by atoms with van der Waals surface area (Å²) in [4.78, 5) is 30.3. The monoisotopic (exact) mass is 490 g/mol. The van der Waals surface area contributed by atoms with Gasteiger partial charge in [-0.2, -0.15) is 0 Å². The summed E-state index contributed by atoms with van der Waals surface area (Å²) in [6.07, 6.45) is 0.239. The molecule has 3 rings (SSSR count).